The summed E-state index contributed by atoms with van der Waals surface area (Å²) in [5.74, 6) is 0.616. The van der Waals surface area contributed by atoms with Crippen LogP contribution in [0.3, 0.4) is 0 Å². The molecule has 0 amide bonds. The van der Waals surface area contributed by atoms with E-state index in [-0.39, 0.29) is 30.0 Å². The predicted octanol–water partition coefficient (Wildman–Crippen LogP) is 4.57. The molecule has 2 rings (SSSR count). The monoisotopic (exact) mass is 555 g/mol. The summed E-state index contributed by atoms with van der Waals surface area (Å²) < 4.78 is 37.9. The van der Waals surface area contributed by atoms with Crippen molar-refractivity contribution in [2.45, 2.75) is 32.5 Å². The van der Waals surface area contributed by atoms with Gasteiger partial charge in [0.1, 0.15) is 0 Å². The Morgan fingerprint density at radius 1 is 1.17 bits per heavy atom. The fourth-order valence-electron chi connectivity index (χ4n) is 3.06. The van der Waals surface area contributed by atoms with Crippen LogP contribution in [-0.4, -0.2) is 49.1 Å². The number of likely N-dealkylation sites (N-methyl/N-ethyl adjacent to an activating group) is 1. The van der Waals surface area contributed by atoms with E-state index in [1.165, 1.54) is 5.56 Å². The van der Waals surface area contributed by atoms with E-state index in [4.69, 9.17) is 0 Å². The molecule has 1 aromatic carbocycles. The molecule has 1 atom stereocenters. The molecule has 0 aliphatic rings. The molecule has 2 N–H and O–H groups in total. The summed E-state index contributed by atoms with van der Waals surface area (Å²) in [6.45, 7) is 7.24. The number of hydrogen-bond acceptors (Lipinski definition) is 4. The maximum absolute atomic E-state index is 12.6. The van der Waals surface area contributed by atoms with Crippen LogP contribution in [0, 0.1) is 0 Å². The molecule has 0 aliphatic carbocycles. The maximum atomic E-state index is 12.6. The van der Waals surface area contributed by atoms with Crippen molar-refractivity contribution in [3.05, 3.63) is 52.0 Å². The van der Waals surface area contributed by atoms with Gasteiger partial charge in [0.15, 0.2) is 11.7 Å². The SMILES string of the molecule is CCN(CC)C(CNC(=NC)NCCc1nc(C(F)(F)F)cs1)c1ccccc1.I. The van der Waals surface area contributed by atoms with Crippen molar-refractivity contribution in [2.75, 3.05) is 33.2 Å². The van der Waals surface area contributed by atoms with Crippen LogP contribution < -0.4 is 10.6 Å². The number of thiazole rings is 1. The molecule has 1 heterocycles. The van der Waals surface area contributed by atoms with Gasteiger partial charge in [-0.25, -0.2) is 4.98 Å². The summed E-state index contributed by atoms with van der Waals surface area (Å²) >= 11 is 1.02. The van der Waals surface area contributed by atoms with E-state index in [2.05, 4.69) is 51.5 Å². The Bertz CT molecular complexity index is 763. The Balaban J connectivity index is 0.00000450. The fraction of sp³-hybridized carbons (Fsp3) is 0.500. The lowest BCUT2D eigenvalue weighted by atomic mass is 10.1. The van der Waals surface area contributed by atoms with Gasteiger partial charge in [-0.15, -0.1) is 35.3 Å². The van der Waals surface area contributed by atoms with Crippen molar-refractivity contribution < 1.29 is 13.2 Å². The highest BCUT2D eigenvalue weighted by Gasteiger charge is 2.33. The van der Waals surface area contributed by atoms with Gasteiger partial charge in [0.2, 0.25) is 0 Å². The lowest BCUT2D eigenvalue weighted by Gasteiger charge is -2.30. The molecule has 0 bridgehead atoms. The van der Waals surface area contributed by atoms with Gasteiger partial charge < -0.3 is 10.6 Å². The molecule has 2 aromatic rings. The average molecular weight is 555 g/mol. The molecular weight excluding hydrogens is 526 g/mol. The Morgan fingerprint density at radius 2 is 1.83 bits per heavy atom. The highest BCUT2D eigenvalue weighted by molar-refractivity contribution is 14.0. The van der Waals surface area contributed by atoms with Gasteiger partial charge in [-0.3, -0.25) is 9.89 Å². The second-order valence-corrected chi connectivity index (χ2v) is 7.34. The van der Waals surface area contributed by atoms with Crippen molar-refractivity contribution >= 4 is 41.3 Å². The normalized spacial score (nSPS) is 13.1. The highest BCUT2D eigenvalue weighted by atomic mass is 127. The lowest BCUT2D eigenvalue weighted by Crippen LogP contribution is -2.43. The van der Waals surface area contributed by atoms with Gasteiger partial charge in [-0.05, 0) is 18.7 Å². The number of nitrogens with one attached hydrogen (secondary N) is 2. The minimum absolute atomic E-state index is 0. The summed E-state index contributed by atoms with van der Waals surface area (Å²) in [5, 5.41) is 7.99. The lowest BCUT2D eigenvalue weighted by molar-refractivity contribution is -0.140. The van der Waals surface area contributed by atoms with Crippen molar-refractivity contribution in [3.63, 3.8) is 0 Å². The van der Waals surface area contributed by atoms with Gasteiger partial charge in [0.25, 0.3) is 0 Å². The first-order chi connectivity index (χ1) is 13.9. The van der Waals surface area contributed by atoms with E-state index in [1.54, 1.807) is 7.05 Å². The van der Waals surface area contributed by atoms with Crippen molar-refractivity contribution in [3.8, 4) is 0 Å². The quantitative estimate of drug-likeness (QED) is 0.271. The third kappa shape index (κ3) is 8.03. The molecule has 10 heteroatoms. The first kappa shape index (κ1) is 26.6. The van der Waals surface area contributed by atoms with Crippen LogP contribution in [0.2, 0.25) is 0 Å². The molecule has 0 saturated carbocycles. The second-order valence-electron chi connectivity index (χ2n) is 6.40. The number of guanidine groups is 1. The van der Waals surface area contributed by atoms with E-state index >= 15 is 0 Å². The topological polar surface area (TPSA) is 52.5 Å². The van der Waals surface area contributed by atoms with E-state index in [0.717, 1.165) is 29.8 Å². The van der Waals surface area contributed by atoms with Crippen LogP contribution in [0.15, 0.2) is 40.7 Å². The molecular formula is C20H29F3IN5S. The zero-order valence-corrected chi connectivity index (χ0v) is 20.5. The van der Waals surface area contributed by atoms with Crippen LogP contribution in [-0.2, 0) is 12.6 Å². The summed E-state index contributed by atoms with van der Waals surface area (Å²) in [7, 11) is 1.68. The summed E-state index contributed by atoms with van der Waals surface area (Å²) in [6.07, 6.45) is -3.99. The largest absolute Gasteiger partial charge is 0.434 e. The fourth-order valence-corrected chi connectivity index (χ4v) is 3.86. The Kier molecular flexibility index (Phi) is 11.6. The molecule has 0 fully saturated rings. The van der Waals surface area contributed by atoms with E-state index in [1.807, 2.05) is 18.2 Å². The summed E-state index contributed by atoms with van der Waals surface area (Å²) in [4.78, 5) is 10.2. The number of alkyl halides is 3. The van der Waals surface area contributed by atoms with Gasteiger partial charge in [-0.1, -0.05) is 44.2 Å². The molecule has 0 spiro atoms. The number of aromatic nitrogens is 1. The van der Waals surface area contributed by atoms with Crippen LogP contribution in [0.4, 0.5) is 13.2 Å². The van der Waals surface area contributed by atoms with Crippen molar-refractivity contribution in [2.24, 2.45) is 4.99 Å². The van der Waals surface area contributed by atoms with Crippen LogP contribution >= 0.6 is 35.3 Å². The molecule has 1 unspecified atom stereocenters. The zero-order chi connectivity index (χ0) is 21.3. The Labute approximate surface area is 197 Å². The number of hydrogen-bond donors (Lipinski definition) is 2. The van der Waals surface area contributed by atoms with Crippen LogP contribution in [0.25, 0.3) is 0 Å². The third-order valence-electron chi connectivity index (χ3n) is 4.60. The molecule has 0 saturated heterocycles. The van der Waals surface area contributed by atoms with Gasteiger partial charge in [0, 0.05) is 31.9 Å². The van der Waals surface area contributed by atoms with Crippen molar-refractivity contribution in [1.82, 2.24) is 20.5 Å². The van der Waals surface area contributed by atoms with Crippen LogP contribution in [0.1, 0.15) is 36.2 Å². The molecule has 30 heavy (non-hydrogen) atoms. The molecule has 1 aromatic heterocycles. The number of nitrogens with zero attached hydrogens (tertiary/aromatic N) is 3. The van der Waals surface area contributed by atoms with Gasteiger partial charge in [-0.2, -0.15) is 13.2 Å². The summed E-state index contributed by atoms with van der Waals surface area (Å²) in [6, 6.07) is 10.5. The maximum Gasteiger partial charge on any atom is 0.434 e. The predicted molar refractivity (Wildman–Crippen MR) is 128 cm³/mol. The third-order valence-corrected chi connectivity index (χ3v) is 5.51. The van der Waals surface area contributed by atoms with Crippen LogP contribution in [0.5, 0.6) is 0 Å². The average Bonchev–Trinajstić information content (AvgIpc) is 3.20. The Morgan fingerprint density at radius 3 is 2.37 bits per heavy atom. The Hall–Kier alpha value is -1.40. The van der Waals surface area contributed by atoms with E-state index in [9.17, 15) is 13.2 Å². The minimum atomic E-state index is -4.39. The standard InChI is InChI=1S/C20H28F3N5S.HI/c1-4-28(5-2)16(15-9-7-6-8-10-15)13-26-19(24-3)25-12-11-18-27-17(14-29-18)20(21,22)23;/h6-10,14,16H,4-5,11-13H2,1-3H3,(H2,24,25,26);1H. The second kappa shape index (κ2) is 13.1. The highest BCUT2D eigenvalue weighted by Crippen LogP contribution is 2.30. The van der Waals surface area contributed by atoms with Gasteiger partial charge >= 0.3 is 6.18 Å². The van der Waals surface area contributed by atoms with Gasteiger partial charge in [0.05, 0.1) is 11.0 Å². The van der Waals surface area contributed by atoms with E-state index in [0.29, 0.717) is 30.5 Å². The number of rotatable bonds is 9. The smallest absolute Gasteiger partial charge is 0.356 e. The molecule has 0 radical (unpaired) electrons. The first-order valence-electron chi connectivity index (χ1n) is 9.64. The van der Waals surface area contributed by atoms with Crippen molar-refractivity contribution in [1.29, 1.82) is 0 Å². The minimum Gasteiger partial charge on any atom is -0.356 e. The number of halogens is 4. The number of benzene rings is 1. The number of aliphatic imine (C=N–C) groups is 1. The van der Waals surface area contributed by atoms with E-state index < -0.39 is 11.9 Å². The zero-order valence-electron chi connectivity index (χ0n) is 17.4. The summed E-state index contributed by atoms with van der Waals surface area (Å²) in [5.41, 5.74) is 0.395. The first-order valence-corrected chi connectivity index (χ1v) is 10.5. The molecule has 168 valence electrons. The molecule has 5 nitrogen and oxygen atoms in total. The molecule has 0 aliphatic heterocycles.